The van der Waals surface area contributed by atoms with Crippen molar-refractivity contribution in [1.82, 2.24) is 15.7 Å². The lowest BCUT2D eigenvalue weighted by atomic mass is 10.0. The Balaban J connectivity index is 1.02. The van der Waals surface area contributed by atoms with E-state index in [0.717, 1.165) is 25.2 Å². The molecular weight excluding hydrogens is 422 g/mol. The van der Waals surface area contributed by atoms with Gasteiger partial charge in [0.1, 0.15) is 0 Å². The lowest BCUT2D eigenvalue weighted by molar-refractivity contribution is 0.0233. The lowest BCUT2D eigenvalue weighted by Gasteiger charge is -2.32. The van der Waals surface area contributed by atoms with Crippen molar-refractivity contribution in [2.24, 2.45) is 0 Å². The quantitative estimate of drug-likeness (QED) is 0.461. The summed E-state index contributed by atoms with van der Waals surface area (Å²) in [6.07, 6.45) is 3.65. The zero-order chi connectivity index (χ0) is 23.2. The van der Waals surface area contributed by atoms with E-state index < -0.39 is 0 Å². The van der Waals surface area contributed by atoms with E-state index in [1.165, 1.54) is 30.4 Å². The first-order chi connectivity index (χ1) is 16.7. The van der Waals surface area contributed by atoms with Gasteiger partial charge in [0.15, 0.2) is 0 Å². The number of nitrogens with zero attached hydrogens (tertiary/aromatic N) is 1. The van der Waals surface area contributed by atoms with Crippen molar-refractivity contribution >= 4 is 5.91 Å². The molecule has 5 nitrogen and oxygen atoms in total. The maximum Gasteiger partial charge on any atom is 0.274 e. The summed E-state index contributed by atoms with van der Waals surface area (Å²) in [7, 11) is 0. The highest BCUT2D eigenvalue weighted by molar-refractivity contribution is 5.93. The number of carbonyl (C=O) groups excluding carboxylic acids is 1. The van der Waals surface area contributed by atoms with E-state index in [-0.39, 0.29) is 5.91 Å². The van der Waals surface area contributed by atoms with E-state index in [9.17, 15) is 4.79 Å². The topological polar surface area (TPSA) is 53.6 Å². The molecule has 2 fully saturated rings. The molecule has 1 heterocycles. The largest absolute Gasteiger partial charge is 0.311 e. The molecule has 0 aromatic heterocycles. The third kappa shape index (κ3) is 6.11. The number of amides is 1. The SMILES string of the molecule is O=C(NOCc1ccccc1)c1ccc(CN2CCC(NC3CC3c3ccccc3)CC2)cc1. The molecule has 2 atom stereocenters. The van der Waals surface area contributed by atoms with Crippen LogP contribution in [0.3, 0.4) is 0 Å². The van der Waals surface area contributed by atoms with Crippen molar-refractivity contribution < 1.29 is 9.63 Å². The Labute approximate surface area is 202 Å². The predicted molar refractivity (Wildman–Crippen MR) is 134 cm³/mol. The molecule has 5 heteroatoms. The maximum absolute atomic E-state index is 12.3. The van der Waals surface area contributed by atoms with Crippen LogP contribution in [-0.4, -0.2) is 36.0 Å². The van der Waals surface area contributed by atoms with Crippen LogP contribution in [-0.2, 0) is 18.0 Å². The van der Waals surface area contributed by atoms with Crippen molar-refractivity contribution in [2.75, 3.05) is 13.1 Å². The van der Waals surface area contributed by atoms with Crippen LogP contribution in [0.25, 0.3) is 0 Å². The molecule has 0 spiro atoms. The minimum atomic E-state index is -0.219. The molecule has 1 saturated heterocycles. The lowest BCUT2D eigenvalue weighted by Crippen LogP contribution is -2.43. The molecular formula is C29H33N3O2. The fraction of sp³-hybridized carbons (Fsp3) is 0.345. The first-order valence-corrected chi connectivity index (χ1v) is 12.3. The number of hydrogen-bond donors (Lipinski definition) is 2. The van der Waals surface area contributed by atoms with Crippen LogP contribution in [0, 0.1) is 0 Å². The van der Waals surface area contributed by atoms with E-state index in [4.69, 9.17) is 4.84 Å². The van der Waals surface area contributed by atoms with Crippen LogP contribution in [0.4, 0.5) is 0 Å². The summed E-state index contributed by atoms with van der Waals surface area (Å²) in [5.74, 6) is 0.474. The summed E-state index contributed by atoms with van der Waals surface area (Å²) in [5, 5.41) is 3.89. The summed E-state index contributed by atoms with van der Waals surface area (Å²) >= 11 is 0. The van der Waals surface area contributed by atoms with Gasteiger partial charge < -0.3 is 5.32 Å². The van der Waals surface area contributed by atoms with Crippen molar-refractivity contribution in [3.8, 4) is 0 Å². The van der Waals surface area contributed by atoms with Crippen LogP contribution < -0.4 is 10.8 Å². The van der Waals surface area contributed by atoms with Gasteiger partial charge in [0.05, 0.1) is 6.61 Å². The monoisotopic (exact) mass is 455 g/mol. The number of nitrogens with one attached hydrogen (secondary N) is 2. The Morgan fingerprint density at radius 1 is 0.853 bits per heavy atom. The fourth-order valence-corrected chi connectivity index (χ4v) is 4.85. The second-order valence-corrected chi connectivity index (χ2v) is 9.48. The standard InChI is InChI=1S/C29H33N3O2/c33-29(31-34-21-23-7-3-1-4-8-23)25-13-11-22(12-14-25)20-32-17-15-26(16-18-32)30-28-19-27(28)24-9-5-2-6-10-24/h1-14,26-28,30H,15-21H2,(H,31,33). The molecule has 3 aromatic carbocycles. The molecule has 2 aliphatic rings. The highest BCUT2D eigenvalue weighted by Gasteiger charge is 2.39. The number of piperidine rings is 1. The van der Waals surface area contributed by atoms with Gasteiger partial charge in [-0.05, 0) is 61.2 Å². The summed E-state index contributed by atoms with van der Waals surface area (Å²) in [6.45, 7) is 3.49. The zero-order valence-corrected chi connectivity index (χ0v) is 19.5. The average Bonchev–Trinajstić information content (AvgIpc) is 3.66. The molecule has 0 bridgehead atoms. The highest BCUT2D eigenvalue weighted by Crippen LogP contribution is 2.41. The minimum absolute atomic E-state index is 0.219. The molecule has 3 aromatic rings. The molecule has 5 rings (SSSR count). The van der Waals surface area contributed by atoms with Gasteiger partial charge in [-0.25, -0.2) is 5.48 Å². The van der Waals surface area contributed by atoms with Gasteiger partial charge in [-0.2, -0.15) is 0 Å². The van der Waals surface area contributed by atoms with Crippen LogP contribution >= 0.6 is 0 Å². The molecule has 0 radical (unpaired) electrons. The van der Waals surface area contributed by atoms with E-state index in [1.807, 2.05) is 54.6 Å². The minimum Gasteiger partial charge on any atom is -0.311 e. The molecule has 176 valence electrons. The number of rotatable bonds is 9. The summed E-state index contributed by atoms with van der Waals surface area (Å²) in [4.78, 5) is 20.2. The summed E-state index contributed by atoms with van der Waals surface area (Å²) in [5.41, 5.74) is 6.86. The summed E-state index contributed by atoms with van der Waals surface area (Å²) < 4.78 is 0. The van der Waals surface area contributed by atoms with Crippen molar-refractivity contribution in [3.63, 3.8) is 0 Å². The van der Waals surface area contributed by atoms with E-state index in [2.05, 4.69) is 46.0 Å². The van der Waals surface area contributed by atoms with E-state index in [0.29, 0.717) is 30.2 Å². The number of carbonyl (C=O) groups is 1. The number of benzene rings is 3. The Kier molecular flexibility index (Phi) is 7.34. The van der Waals surface area contributed by atoms with Crippen molar-refractivity contribution in [1.29, 1.82) is 0 Å². The third-order valence-corrected chi connectivity index (χ3v) is 6.92. The van der Waals surface area contributed by atoms with Gasteiger partial charge in [-0.3, -0.25) is 14.5 Å². The van der Waals surface area contributed by atoms with Gasteiger partial charge in [0.25, 0.3) is 5.91 Å². The van der Waals surface area contributed by atoms with Gasteiger partial charge in [0.2, 0.25) is 0 Å². The first-order valence-electron chi connectivity index (χ1n) is 12.3. The predicted octanol–water partition coefficient (Wildman–Crippen LogP) is 4.66. The number of likely N-dealkylation sites (tertiary alicyclic amines) is 1. The van der Waals surface area contributed by atoms with Crippen LogP contribution in [0.15, 0.2) is 84.9 Å². The first kappa shape index (κ1) is 22.8. The van der Waals surface area contributed by atoms with Crippen LogP contribution in [0.1, 0.15) is 52.2 Å². The second kappa shape index (κ2) is 11.0. The zero-order valence-electron chi connectivity index (χ0n) is 19.5. The number of hydroxylamine groups is 1. The van der Waals surface area contributed by atoms with E-state index >= 15 is 0 Å². The maximum atomic E-state index is 12.3. The summed E-state index contributed by atoms with van der Waals surface area (Å²) in [6, 6.07) is 29.8. The normalized spacial score (nSPS) is 20.7. The molecule has 1 aliphatic carbocycles. The Hall–Kier alpha value is -2.99. The number of hydrogen-bond acceptors (Lipinski definition) is 4. The Bertz CT molecular complexity index is 1050. The van der Waals surface area contributed by atoms with Gasteiger partial charge in [0, 0.05) is 30.1 Å². The third-order valence-electron chi connectivity index (χ3n) is 6.92. The van der Waals surface area contributed by atoms with Gasteiger partial charge >= 0.3 is 0 Å². The molecule has 1 amide bonds. The Morgan fingerprint density at radius 3 is 2.24 bits per heavy atom. The van der Waals surface area contributed by atoms with Gasteiger partial charge in [-0.15, -0.1) is 0 Å². The van der Waals surface area contributed by atoms with Crippen molar-refractivity contribution in [3.05, 3.63) is 107 Å². The van der Waals surface area contributed by atoms with Gasteiger partial charge in [-0.1, -0.05) is 72.8 Å². The fourth-order valence-electron chi connectivity index (χ4n) is 4.85. The average molecular weight is 456 g/mol. The Morgan fingerprint density at radius 2 is 1.53 bits per heavy atom. The van der Waals surface area contributed by atoms with E-state index in [1.54, 1.807) is 0 Å². The second-order valence-electron chi connectivity index (χ2n) is 9.48. The molecule has 1 aliphatic heterocycles. The van der Waals surface area contributed by atoms with Crippen molar-refractivity contribution in [2.45, 2.75) is 50.4 Å². The molecule has 1 saturated carbocycles. The van der Waals surface area contributed by atoms with Crippen LogP contribution in [0.5, 0.6) is 0 Å². The highest BCUT2D eigenvalue weighted by atomic mass is 16.6. The smallest absolute Gasteiger partial charge is 0.274 e. The molecule has 2 N–H and O–H groups in total. The van der Waals surface area contributed by atoms with Crippen LogP contribution in [0.2, 0.25) is 0 Å². The molecule has 2 unspecified atom stereocenters. The molecule has 34 heavy (non-hydrogen) atoms.